The van der Waals surface area contributed by atoms with E-state index in [0.717, 1.165) is 25.7 Å². The molecular weight excluding hydrogens is 863 g/mol. The van der Waals surface area contributed by atoms with E-state index >= 15 is 4.39 Å². The van der Waals surface area contributed by atoms with E-state index in [2.05, 4.69) is 30.3 Å². The van der Waals surface area contributed by atoms with Crippen molar-refractivity contribution >= 4 is 44.1 Å². The predicted molar refractivity (Wildman–Crippen MR) is 240 cm³/mol. The second kappa shape index (κ2) is 19.1. The van der Waals surface area contributed by atoms with Gasteiger partial charge < -0.3 is 34.0 Å². The van der Waals surface area contributed by atoms with Crippen LogP contribution in [0.25, 0.3) is 22.0 Å². The van der Waals surface area contributed by atoms with Gasteiger partial charge in [0.25, 0.3) is 11.5 Å². The number of nitrogens with zero attached hydrogens (tertiary/aromatic N) is 6. The molecule has 4 heterocycles. The Morgan fingerprint density at radius 3 is 2.47 bits per heavy atom. The van der Waals surface area contributed by atoms with Crippen LogP contribution >= 0.6 is 11.6 Å². The average molecular weight is 909 g/mol. The van der Waals surface area contributed by atoms with Gasteiger partial charge in [-0.3, -0.25) is 14.5 Å². The maximum atomic E-state index is 16.0. The highest BCUT2D eigenvalue weighted by molar-refractivity contribution is 7.91. The standard InChI is InChI=1S/C46H46ClFN8O7S/c1-3-64(59,60)33-13-15-39(35(26-33)36-28-54(2)46(58)44-34(36)17-18-50-44)63-41-6-4-5-40(43(41)48)61-24-23-55-19-21-56(22-20-55)42-16-14-38(52-53-42)45(57)51-30-8-11-31(12-9-30)62-32-10-7-29(27-49)37(47)25-32/h4-7,10,13-18,25-26,28,30-31,50H,3,8-9,11-12,19-24H2,1-2H3,(H,51,57). The number of fused-ring (bicyclic) bond motifs is 1. The molecule has 0 radical (unpaired) electrons. The Morgan fingerprint density at radius 2 is 1.75 bits per heavy atom. The van der Waals surface area contributed by atoms with Crippen LogP contribution < -0.4 is 30.0 Å². The molecule has 1 saturated heterocycles. The second-order valence-corrected chi connectivity index (χ2v) is 18.4. The normalized spacial score (nSPS) is 16.9. The Balaban J connectivity index is 0.822. The van der Waals surface area contributed by atoms with Gasteiger partial charge in [-0.1, -0.05) is 24.6 Å². The van der Waals surface area contributed by atoms with Crippen molar-refractivity contribution in [3.63, 3.8) is 0 Å². The maximum Gasteiger partial charge on any atom is 0.274 e. The van der Waals surface area contributed by atoms with E-state index in [1.807, 2.05) is 6.07 Å². The minimum Gasteiger partial charge on any atom is -0.490 e. The molecule has 3 aromatic carbocycles. The molecule has 2 N–H and O–H groups in total. The fourth-order valence-electron chi connectivity index (χ4n) is 7.99. The summed E-state index contributed by atoms with van der Waals surface area (Å²) in [5.74, 6) is 0.278. The van der Waals surface area contributed by atoms with E-state index in [-0.39, 0.29) is 63.8 Å². The Morgan fingerprint density at radius 1 is 0.969 bits per heavy atom. The summed E-state index contributed by atoms with van der Waals surface area (Å²) < 4.78 is 61.3. The van der Waals surface area contributed by atoms with Gasteiger partial charge in [-0.2, -0.15) is 9.65 Å². The van der Waals surface area contributed by atoms with Gasteiger partial charge in [0.05, 0.1) is 27.3 Å². The number of carbonyl (C=O) groups excluding carboxylic acids is 1. The van der Waals surface area contributed by atoms with Crippen molar-refractivity contribution in [1.29, 1.82) is 5.26 Å². The van der Waals surface area contributed by atoms with Crippen molar-refractivity contribution in [3.8, 4) is 40.2 Å². The molecule has 2 fully saturated rings. The number of anilines is 1. The number of aryl methyl sites for hydroxylation is 1. The third-order valence-corrected chi connectivity index (χ3v) is 13.7. The number of hydrogen-bond acceptors (Lipinski definition) is 12. The number of ether oxygens (including phenoxy) is 3. The number of aromatic nitrogens is 4. The quantitative estimate of drug-likeness (QED) is 0.116. The number of hydrogen-bond donors (Lipinski definition) is 2. The van der Waals surface area contributed by atoms with E-state index in [1.54, 1.807) is 68.8 Å². The molecule has 1 amide bonds. The number of sulfone groups is 1. The molecule has 2 aliphatic rings. The number of nitriles is 1. The topological polar surface area (TPSA) is 185 Å². The minimum absolute atomic E-state index is 0.00420. The van der Waals surface area contributed by atoms with Crippen LogP contribution in [-0.2, 0) is 16.9 Å². The van der Waals surface area contributed by atoms with Crippen molar-refractivity contribution in [2.75, 3.05) is 50.0 Å². The highest BCUT2D eigenvalue weighted by Gasteiger charge is 2.26. The lowest BCUT2D eigenvalue weighted by Crippen LogP contribution is -2.47. The van der Waals surface area contributed by atoms with Gasteiger partial charge in [0.15, 0.2) is 32.8 Å². The molecule has 1 saturated carbocycles. The molecule has 15 nitrogen and oxygen atoms in total. The van der Waals surface area contributed by atoms with Crippen molar-refractivity contribution in [3.05, 3.63) is 118 Å². The zero-order valence-corrected chi connectivity index (χ0v) is 36.8. The molecule has 332 valence electrons. The first-order valence-corrected chi connectivity index (χ1v) is 23.0. The lowest BCUT2D eigenvalue weighted by molar-refractivity contribution is 0.0888. The van der Waals surface area contributed by atoms with Gasteiger partial charge in [-0.25, -0.2) is 8.42 Å². The lowest BCUT2D eigenvalue weighted by Gasteiger charge is -2.35. The summed E-state index contributed by atoms with van der Waals surface area (Å²) in [5.41, 5.74) is 1.64. The fraction of sp³-hybridized carbons (Fsp3) is 0.326. The Bertz CT molecular complexity index is 2890. The SMILES string of the molecule is CCS(=O)(=O)c1ccc(Oc2cccc(OCCN3CCN(c4ccc(C(=O)NC5CCC(Oc6ccc(C#N)c(Cl)c6)CC5)nn4)CC3)c2F)c(-c2cn(C)c(=O)c3[nH]ccc23)c1. The number of piperazine rings is 1. The molecule has 64 heavy (non-hydrogen) atoms. The van der Waals surface area contributed by atoms with Gasteiger partial charge in [0, 0.05) is 80.8 Å². The highest BCUT2D eigenvalue weighted by atomic mass is 35.5. The highest BCUT2D eigenvalue weighted by Crippen LogP contribution is 2.40. The molecule has 18 heteroatoms. The zero-order valence-electron chi connectivity index (χ0n) is 35.2. The lowest BCUT2D eigenvalue weighted by atomic mass is 9.93. The molecule has 1 aliphatic carbocycles. The van der Waals surface area contributed by atoms with Crippen LogP contribution in [0.1, 0.15) is 48.7 Å². The van der Waals surface area contributed by atoms with Gasteiger partial charge in [0.2, 0.25) is 5.82 Å². The first-order chi connectivity index (χ1) is 30.9. The van der Waals surface area contributed by atoms with Crippen molar-refractivity contribution < 1.29 is 31.8 Å². The summed E-state index contributed by atoms with van der Waals surface area (Å²) in [6.45, 7) is 5.05. The van der Waals surface area contributed by atoms with Crippen LogP contribution in [0.4, 0.5) is 10.2 Å². The largest absolute Gasteiger partial charge is 0.490 e. The van der Waals surface area contributed by atoms with Gasteiger partial charge in [0.1, 0.15) is 29.7 Å². The third kappa shape index (κ3) is 9.69. The van der Waals surface area contributed by atoms with Crippen molar-refractivity contribution in [2.24, 2.45) is 7.05 Å². The zero-order chi connectivity index (χ0) is 45.0. The summed E-state index contributed by atoms with van der Waals surface area (Å²) in [7, 11) is -2.01. The second-order valence-electron chi connectivity index (χ2n) is 15.7. The van der Waals surface area contributed by atoms with Crippen LogP contribution in [-0.4, -0.2) is 96.2 Å². The number of pyridine rings is 1. The summed E-state index contributed by atoms with van der Waals surface area (Å²) in [4.78, 5) is 33.2. The fourth-order valence-corrected chi connectivity index (χ4v) is 9.11. The van der Waals surface area contributed by atoms with E-state index < -0.39 is 15.7 Å². The van der Waals surface area contributed by atoms with Crippen molar-refractivity contribution in [1.82, 2.24) is 30.0 Å². The molecule has 0 atom stereocenters. The van der Waals surface area contributed by atoms with E-state index in [0.29, 0.717) is 76.9 Å². The number of benzene rings is 3. The average Bonchev–Trinajstić information content (AvgIpc) is 3.81. The first kappa shape index (κ1) is 44.1. The molecule has 3 aromatic heterocycles. The van der Waals surface area contributed by atoms with Gasteiger partial charge in [-0.05, 0) is 86.3 Å². The Hall–Kier alpha value is -6.48. The predicted octanol–water partition coefficient (Wildman–Crippen LogP) is 6.89. The molecule has 0 unspecified atom stereocenters. The van der Waals surface area contributed by atoms with E-state index in [1.165, 1.54) is 34.9 Å². The Kier molecular flexibility index (Phi) is 13.2. The van der Waals surface area contributed by atoms with Crippen LogP contribution in [0, 0.1) is 17.1 Å². The monoisotopic (exact) mass is 908 g/mol. The summed E-state index contributed by atoms with van der Waals surface area (Å²) in [6, 6.07) is 21.3. The molecule has 6 aromatic rings. The van der Waals surface area contributed by atoms with Crippen LogP contribution in [0.3, 0.4) is 0 Å². The first-order valence-electron chi connectivity index (χ1n) is 21.0. The van der Waals surface area contributed by atoms with Gasteiger partial charge >= 0.3 is 0 Å². The summed E-state index contributed by atoms with van der Waals surface area (Å²) in [6.07, 6.45) is 6.25. The molecule has 1 aliphatic heterocycles. The third-order valence-electron chi connectivity index (χ3n) is 11.6. The number of carbonyl (C=O) groups is 1. The van der Waals surface area contributed by atoms with E-state index in [9.17, 15) is 18.0 Å². The molecule has 0 spiro atoms. The van der Waals surface area contributed by atoms with Crippen LogP contribution in [0.15, 0.2) is 94.9 Å². The molecule has 8 rings (SSSR count). The smallest absolute Gasteiger partial charge is 0.274 e. The van der Waals surface area contributed by atoms with Crippen LogP contribution in [0.5, 0.6) is 23.0 Å². The number of aromatic amines is 1. The van der Waals surface area contributed by atoms with E-state index in [4.69, 9.17) is 31.1 Å². The number of nitrogens with one attached hydrogen (secondary N) is 2. The van der Waals surface area contributed by atoms with Crippen LogP contribution in [0.2, 0.25) is 5.02 Å². The van der Waals surface area contributed by atoms with Crippen molar-refractivity contribution in [2.45, 2.75) is 49.6 Å². The summed E-state index contributed by atoms with van der Waals surface area (Å²) >= 11 is 6.15. The minimum atomic E-state index is -3.61. The van der Waals surface area contributed by atoms with Gasteiger partial charge in [-0.15, -0.1) is 10.2 Å². The number of rotatable bonds is 14. The number of H-pyrrole nitrogens is 1. The Labute approximate surface area is 374 Å². The number of amides is 1. The summed E-state index contributed by atoms with van der Waals surface area (Å²) in [5, 5.41) is 21.7. The molecule has 0 bridgehead atoms. The molecular formula is C46H46ClFN8O7S. The number of halogens is 2. The maximum absolute atomic E-state index is 16.0.